The monoisotopic (exact) mass is 262 g/mol. The van der Waals surface area contributed by atoms with Gasteiger partial charge in [0.1, 0.15) is 0 Å². The molecule has 0 atom stereocenters. The van der Waals surface area contributed by atoms with Crippen LogP contribution in [0.15, 0.2) is 24.4 Å². The number of hydrogen-bond acceptors (Lipinski definition) is 3. The first-order valence-electron chi connectivity index (χ1n) is 7.06. The summed E-state index contributed by atoms with van der Waals surface area (Å²) in [6.45, 7) is 0.0440. The van der Waals surface area contributed by atoms with Crippen LogP contribution in [0.1, 0.15) is 44.2 Å². The van der Waals surface area contributed by atoms with Crippen molar-refractivity contribution in [3.63, 3.8) is 0 Å². The number of pyridine rings is 1. The molecule has 1 aliphatic rings. The second-order valence-corrected chi connectivity index (χ2v) is 5.37. The number of nitrogens with one attached hydrogen (secondary N) is 1. The lowest BCUT2D eigenvalue weighted by atomic mass is 9.82. The highest BCUT2D eigenvalue weighted by Gasteiger charge is 2.32. The number of carbonyl (C=O) groups excluding carboxylic acids is 1. The van der Waals surface area contributed by atoms with Gasteiger partial charge in [0.2, 0.25) is 5.91 Å². The molecule has 2 N–H and O–H groups in total. The summed E-state index contributed by atoms with van der Waals surface area (Å²) < 4.78 is 0. The lowest BCUT2D eigenvalue weighted by Crippen LogP contribution is -2.52. The SMILES string of the molecule is O=C(CCc1ccccn1)NC1(CO)CCCCC1. The zero-order valence-electron chi connectivity index (χ0n) is 11.3. The molecule has 104 valence electrons. The number of amides is 1. The van der Waals surface area contributed by atoms with Crippen LogP contribution in [0, 0.1) is 0 Å². The van der Waals surface area contributed by atoms with Crippen molar-refractivity contribution in [1.82, 2.24) is 10.3 Å². The molecule has 0 bridgehead atoms. The van der Waals surface area contributed by atoms with E-state index >= 15 is 0 Å². The average molecular weight is 262 g/mol. The lowest BCUT2D eigenvalue weighted by Gasteiger charge is -2.36. The molecule has 1 fully saturated rings. The van der Waals surface area contributed by atoms with Crippen molar-refractivity contribution in [2.45, 2.75) is 50.5 Å². The van der Waals surface area contributed by atoms with Crippen LogP contribution in [-0.4, -0.2) is 28.1 Å². The van der Waals surface area contributed by atoms with E-state index in [0.717, 1.165) is 31.4 Å². The molecule has 1 heterocycles. The third-order valence-corrected chi connectivity index (χ3v) is 3.85. The van der Waals surface area contributed by atoms with E-state index in [4.69, 9.17) is 0 Å². The minimum Gasteiger partial charge on any atom is -0.394 e. The van der Waals surface area contributed by atoms with E-state index < -0.39 is 0 Å². The Balaban J connectivity index is 1.83. The van der Waals surface area contributed by atoms with E-state index in [1.165, 1.54) is 6.42 Å². The van der Waals surface area contributed by atoms with Gasteiger partial charge in [-0.3, -0.25) is 9.78 Å². The maximum absolute atomic E-state index is 12.0. The highest BCUT2D eigenvalue weighted by molar-refractivity contribution is 5.77. The molecule has 1 aromatic heterocycles. The number of nitrogens with zero attached hydrogens (tertiary/aromatic N) is 1. The zero-order chi connectivity index (χ0) is 13.6. The summed E-state index contributed by atoms with van der Waals surface area (Å²) in [5, 5.41) is 12.6. The van der Waals surface area contributed by atoms with Crippen LogP contribution in [0.5, 0.6) is 0 Å². The molecule has 0 aliphatic heterocycles. The van der Waals surface area contributed by atoms with E-state index in [9.17, 15) is 9.90 Å². The summed E-state index contributed by atoms with van der Waals surface area (Å²) in [5.41, 5.74) is 0.554. The molecule has 0 unspecified atom stereocenters. The van der Waals surface area contributed by atoms with E-state index in [1.54, 1.807) is 6.20 Å². The molecule has 0 radical (unpaired) electrons. The molecule has 19 heavy (non-hydrogen) atoms. The standard InChI is InChI=1S/C15H22N2O2/c18-12-15(9-3-1-4-10-15)17-14(19)8-7-13-6-2-5-11-16-13/h2,5-6,11,18H,1,3-4,7-10,12H2,(H,17,19). The second-order valence-electron chi connectivity index (χ2n) is 5.37. The van der Waals surface area contributed by atoms with Gasteiger partial charge in [0.15, 0.2) is 0 Å². The Morgan fingerprint density at radius 3 is 2.74 bits per heavy atom. The van der Waals surface area contributed by atoms with Crippen LogP contribution in [0.4, 0.5) is 0 Å². The van der Waals surface area contributed by atoms with Crippen LogP contribution < -0.4 is 5.32 Å². The third kappa shape index (κ3) is 4.03. The smallest absolute Gasteiger partial charge is 0.220 e. The summed E-state index contributed by atoms with van der Waals surface area (Å²) in [7, 11) is 0. The van der Waals surface area contributed by atoms with Crippen LogP contribution in [0.3, 0.4) is 0 Å². The molecule has 0 aromatic carbocycles. The summed E-state index contributed by atoms with van der Waals surface area (Å²) in [6, 6.07) is 5.72. The van der Waals surface area contributed by atoms with Gasteiger partial charge in [-0.05, 0) is 31.4 Å². The van der Waals surface area contributed by atoms with Crippen molar-refractivity contribution in [1.29, 1.82) is 0 Å². The quantitative estimate of drug-likeness (QED) is 0.851. The van der Waals surface area contributed by atoms with Crippen molar-refractivity contribution in [2.24, 2.45) is 0 Å². The minimum absolute atomic E-state index is 0.0154. The van der Waals surface area contributed by atoms with Crippen molar-refractivity contribution in [3.8, 4) is 0 Å². The first-order chi connectivity index (χ1) is 9.24. The van der Waals surface area contributed by atoms with Gasteiger partial charge in [0.25, 0.3) is 0 Å². The Hall–Kier alpha value is -1.42. The highest BCUT2D eigenvalue weighted by Crippen LogP contribution is 2.27. The fraction of sp³-hybridized carbons (Fsp3) is 0.600. The first kappa shape index (κ1) is 14.0. The maximum atomic E-state index is 12.0. The van der Waals surface area contributed by atoms with Crippen molar-refractivity contribution < 1.29 is 9.90 Å². The normalized spacial score (nSPS) is 17.9. The zero-order valence-corrected chi connectivity index (χ0v) is 11.3. The Labute approximate surface area is 114 Å². The number of aliphatic hydroxyl groups is 1. The first-order valence-corrected chi connectivity index (χ1v) is 7.06. The van der Waals surface area contributed by atoms with E-state index in [0.29, 0.717) is 12.8 Å². The van der Waals surface area contributed by atoms with E-state index in [1.807, 2.05) is 18.2 Å². The van der Waals surface area contributed by atoms with Gasteiger partial charge >= 0.3 is 0 Å². The molecule has 1 aliphatic carbocycles. The molecular formula is C15H22N2O2. The fourth-order valence-corrected chi connectivity index (χ4v) is 2.70. The van der Waals surface area contributed by atoms with E-state index in [-0.39, 0.29) is 18.1 Å². The fourth-order valence-electron chi connectivity index (χ4n) is 2.70. The van der Waals surface area contributed by atoms with Crippen molar-refractivity contribution in [2.75, 3.05) is 6.61 Å². The van der Waals surface area contributed by atoms with Crippen LogP contribution in [0.2, 0.25) is 0 Å². The van der Waals surface area contributed by atoms with Crippen molar-refractivity contribution >= 4 is 5.91 Å². The second kappa shape index (κ2) is 6.66. The third-order valence-electron chi connectivity index (χ3n) is 3.85. The number of aliphatic hydroxyl groups excluding tert-OH is 1. The Kier molecular flexibility index (Phi) is 4.91. The Morgan fingerprint density at radius 1 is 1.32 bits per heavy atom. The molecule has 1 saturated carbocycles. The van der Waals surface area contributed by atoms with Gasteiger partial charge in [-0.25, -0.2) is 0 Å². The number of aryl methyl sites for hydroxylation is 1. The number of rotatable bonds is 5. The van der Waals surface area contributed by atoms with Gasteiger partial charge in [0.05, 0.1) is 12.1 Å². The predicted octanol–water partition coefficient (Wildman–Crippen LogP) is 1.83. The lowest BCUT2D eigenvalue weighted by molar-refractivity contribution is -0.124. The topological polar surface area (TPSA) is 62.2 Å². The molecule has 0 saturated heterocycles. The minimum atomic E-state index is -0.376. The van der Waals surface area contributed by atoms with Crippen LogP contribution in [-0.2, 0) is 11.2 Å². The largest absolute Gasteiger partial charge is 0.394 e. The number of aromatic nitrogens is 1. The van der Waals surface area contributed by atoms with Crippen LogP contribution >= 0.6 is 0 Å². The highest BCUT2D eigenvalue weighted by atomic mass is 16.3. The van der Waals surface area contributed by atoms with E-state index in [2.05, 4.69) is 10.3 Å². The predicted molar refractivity (Wildman–Crippen MR) is 73.6 cm³/mol. The molecule has 4 nitrogen and oxygen atoms in total. The van der Waals surface area contributed by atoms with Gasteiger partial charge in [-0.1, -0.05) is 25.3 Å². The van der Waals surface area contributed by atoms with Gasteiger partial charge in [0, 0.05) is 18.3 Å². The molecule has 4 heteroatoms. The molecule has 1 aromatic rings. The Bertz CT molecular complexity index is 400. The molecule has 0 spiro atoms. The summed E-state index contributed by atoms with van der Waals surface area (Å²) in [5.74, 6) is 0.0154. The van der Waals surface area contributed by atoms with Gasteiger partial charge in [-0.15, -0.1) is 0 Å². The molecule has 1 amide bonds. The van der Waals surface area contributed by atoms with Crippen LogP contribution in [0.25, 0.3) is 0 Å². The number of hydrogen-bond donors (Lipinski definition) is 2. The van der Waals surface area contributed by atoms with Gasteiger partial charge < -0.3 is 10.4 Å². The van der Waals surface area contributed by atoms with Crippen molar-refractivity contribution in [3.05, 3.63) is 30.1 Å². The summed E-state index contributed by atoms with van der Waals surface area (Å²) in [6.07, 6.45) is 7.96. The number of carbonyl (C=O) groups is 1. The molecule has 2 rings (SSSR count). The molecular weight excluding hydrogens is 240 g/mol. The van der Waals surface area contributed by atoms with Gasteiger partial charge in [-0.2, -0.15) is 0 Å². The average Bonchev–Trinajstić information content (AvgIpc) is 2.47. The summed E-state index contributed by atoms with van der Waals surface area (Å²) in [4.78, 5) is 16.2. The maximum Gasteiger partial charge on any atom is 0.220 e. The Morgan fingerprint density at radius 2 is 2.11 bits per heavy atom. The summed E-state index contributed by atoms with van der Waals surface area (Å²) >= 11 is 0.